The highest BCUT2D eigenvalue weighted by Gasteiger charge is 2.28. The molecule has 1 saturated carbocycles. The molecule has 1 aliphatic carbocycles. The van der Waals surface area contributed by atoms with E-state index in [-0.39, 0.29) is 67.6 Å². The van der Waals surface area contributed by atoms with E-state index in [4.69, 9.17) is 0 Å². The van der Waals surface area contributed by atoms with Crippen LogP contribution in [0.15, 0.2) is 130 Å². The van der Waals surface area contributed by atoms with Gasteiger partial charge in [-0.3, -0.25) is 19.2 Å². The number of benzene rings is 5. The fourth-order valence-electron chi connectivity index (χ4n) is 8.93. The monoisotopic (exact) mass is 1020 g/mol. The van der Waals surface area contributed by atoms with Crippen LogP contribution in [0.1, 0.15) is 91.3 Å². The van der Waals surface area contributed by atoms with Crippen LogP contribution < -0.4 is 36.8 Å². The summed E-state index contributed by atoms with van der Waals surface area (Å²) >= 11 is 0. The van der Waals surface area contributed by atoms with Gasteiger partial charge in [-0.05, 0) is 111 Å². The topological polar surface area (TPSA) is 240 Å². The number of sulfone groups is 1. The van der Waals surface area contributed by atoms with E-state index in [1.165, 1.54) is 12.7 Å². The standard InChI is InChI=1S/C55H69N9O8S/c1-64(2)44-29-27-42(28-30-44)63-62-41-25-23-40(24-26-41)52(66)58-33-11-10-20-49(55(69)70)61-54(68)48(59-37-43(36-38-14-6-4-7-15-38)60-53(67)39-16-8-5-9-17-39)31-32-51(65)57-35-34-56-47-21-12-19-46-45(47)18-13-22-50(46)73(3,71)72/h5,8-9,12-13,16-19,21-30,38,43,48-49,56,59H,4,6-7,10-11,14-15,20,31-37H2,1-3H3,(H,57,65)(H,58,66)(H,60,67)(H,61,68)(H,69,70)/b63-62+/t43-,48-,49-/m0/s1. The molecular weight excluding hydrogens is 947 g/mol. The molecule has 6 rings (SSSR count). The first-order valence-electron chi connectivity index (χ1n) is 25.1. The summed E-state index contributed by atoms with van der Waals surface area (Å²) in [6.45, 7) is 1.05. The van der Waals surface area contributed by atoms with Crippen molar-refractivity contribution in [3.05, 3.63) is 126 Å². The average molecular weight is 1020 g/mol. The van der Waals surface area contributed by atoms with Crippen LogP contribution in [-0.2, 0) is 24.2 Å². The zero-order chi connectivity index (χ0) is 52.2. The molecule has 0 radical (unpaired) electrons. The molecule has 17 nitrogen and oxygen atoms in total. The lowest BCUT2D eigenvalue weighted by Crippen LogP contribution is -2.53. The summed E-state index contributed by atoms with van der Waals surface area (Å²) in [5.41, 5.74) is 3.98. The summed E-state index contributed by atoms with van der Waals surface area (Å²) in [5.74, 6) is -2.27. The summed E-state index contributed by atoms with van der Waals surface area (Å²) in [7, 11) is 0.462. The van der Waals surface area contributed by atoms with Crippen LogP contribution in [0, 0.1) is 5.92 Å². The van der Waals surface area contributed by atoms with Crippen molar-refractivity contribution in [2.45, 2.75) is 93.7 Å². The third-order valence-corrected chi connectivity index (χ3v) is 14.1. The lowest BCUT2D eigenvalue weighted by Gasteiger charge is -2.29. The third-order valence-electron chi connectivity index (χ3n) is 12.9. The SMILES string of the molecule is CN(C)c1ccc(/N=N/c2ccc(C(=O)NCCCC[C@H](NC(=O)[C@H](CCC(=O)NCCNc3cccc4c(S(C)(=O)=O)cccc34)NC[C@H](CC3CCCCC3)NC(=O)c3ccccc3)C(=O)O)cc2)cc1. The van der Waals surface area contributed by atoms with Gasteiger partial charge in [-0.1, -0.05) is 74.6 Å². The van der Waals surface area contributed by atoms with Gasteiger partial charge in [0.05, 0.1) is 22.3 Å². The lowest BCUT2D eigenvalue weighted by molar-refractivity contribution is -0.142. The van der Waals surface area contributed by atoms with E-state index in [0.29, 0.717) is 65.3 Å². The fraction of sp³-hybridized carbons (Fsp3) is 0.400. The Kier molecular flexibility index (Phi) is 20.8. The van der Waals surface area contributed by atoms with Crippen molar-refractivity contribution in [3.8, 4) is 0 Å². The highest BCUT2D eigenvalue weighted by Crippen LogP contribution is 2.30. The van der Waals surface area contributed by atoms with E-state index >= 15 is 0 Å². The predicted octanol–water partition coefficient (Wildman–Crippen LogP) is 7.93. The van der Waals surface area contributed by atoms with Crippen molar-refractivity contribution in [3.63, 3.8) is 0 Å². The number of hydrogen-bond acceptors (Lipinski definition) is 12. The second kappa shape index (κ2) is 27.6. The maximum absolute atomic E-state index is 14.1. The van der Waals surface area contributed by atoms with Gasteiger partial charge >= 0.3 is 5.97 Å². The van der Waals surface area contributed by atoms with Gasteiger partial charge in [-0.2, -0.15) is 10.2 Å². The van der Waals surface area contributed by atoms with E-state index in [1.807, 2.05) is 61.5 Å². The molecular formula is C55H69N9O8S. The Morgan fingerprint density at radius 1 is 0.671 bits per heavy atom. The number of nitrogens with one attached hydrogen (secondary N) is 6. The molecule has 4 amide bonds. The minimum Gasteiger partial charge on any atom is -0.480 e. The summed E-state index contributed by atoms with van der Waals surface area (Å²) < 4.78 is 24.8. The van der Waals surface area contributed by atoms with E-state index in [1.54, 1.807) is 72.8 Å². The molecule has 0 unspecified atom stereocenters. The second-order valence-electron chi connectivity index (χ2n) is 18.8. The van der Waals surface area contributed by atoms with Gasteiger partial charge in [0.1, 0.15) is 6.04 Å². The first-order valence-corrected chi connectivity index (χ1v) is 27.0. The zero-order valence-corrected chi connectivity index (χ0v) is 42.8. The number of carboxylic acids is 1. The number of hydrogen-bond donors (Lipinski definition) is 7. The first-order chi connectivity index (χ1) is 35.1. The molecule has 0 aliphatic heterocycles. The van der Waals surface area contributed by atoms with Gasteiger partial charge in [-0.15, -0.1) is 0 Å². The summed E-state index contributed by atoms with van der Waals surface area (Å²) in [4.78, 5) is 68.4. The minimum absolute atomic E-state index is 0.0402. The number of amides is 4. The van der Waals surface area contributed by atoms with Crippen molar-refractivity contribution in [1.29, 1.82) is 0 Å². The molecule has 388 valence electrons. The zero-order valence-electron chi connectivity index (χ0n) is 41.9. The third kappa shape index (κ3) is 17.5. The molecule has 0 saturated heterocycles. The van der Waals surface area contributed by atoms with Crippen molar-refractivity contribution in [2.75, 3.05) is 56.7 Å². The van der Waals surface area contributed by atoms with E-state index < -0.39 is 33.8 Å². The summed E-state index contributed by atoms with van der Waals surface area (Å²) in [5, 5.41) is 38.3. The largest absolute Gasteiger partial charge is 0.480 e. The smallest absolute Gasteiger partial charge is 0.326 e. The maximum atomic E-state index is 14.1. The first kappa shape index (κ1) is 55.1. The van der Waals surface area contributed by atoms with Crippen LogP contribution in [0.3, 0.4) is 0 Å². The summed E-state index contributed by atoms with van der Waals surface area (Å²) in [6, 6.07) is 31.1. The number of carbonyl (C=O) groups is 5. The Bertz CT molecular complexity index is 2770. The van der Waals surface area contributed by atoms with Crippen LogP contribution in [0.25, 0.3) is 10.8 Å². The normalized spacial score (nSPS) is 14.2. The Labute approximate surface area is 428 Å². The highest BCUT2D eigenvalue weighted by molar-refractivity contribution is 7.91. The number of fused-ring (bicyclic) bond motifs is 1. The quantitative estimate of drug-likeness (QED) is 0.0197. The minimum atomic E-state index is -3.46. The number of unbranched alkanes of at least 4 members (excludes halogenated alkanes) is 1. The molecule has 3 atom stereocenters. The second-order valence-corrected chi connectivity index (χ2v) is 20.8. The highest BCUT2D eigenvalue weighted by atomic mass is 32.2. The Balaban J connectivity index is 1.03. The number of nitrogens with zero attached hydrogens (tertiary/aromatic N) is 3. The number of rotatable bonds is 27. The van der Waals surface area contributed by atoms with Crippen LogP contribution in [0.5, 0.6) is 0 Å². The number of aliphatic carboxylic acids is 1. The Morgan fingerprint density at radius 2 is 1.33 bits per heavy atom. The lowest BCUT2D eigenvalue weighted by atomic mass is 9.84. The molecule has 1 fully saturated rings. The summed E-state index contributed by atoms with van der Waals surface area (Å²) in [6.07, 6.45) is 8.24. The van der Waals surface area contributed by atoms with Crippen LogP contribution >= 0.6 is 0 Å². The molecule has 7 N–H and O–H groups in total. The molecule has 5 aromatic carbocycles. The Morgan fingerprint density at radius 3 is 2.00 bits per heavy atom. The van der Waals surface area contributed by atoms with Crippen LogP contribution in [-0.4, -0.2) is 108 Å². The molecule has 1 aliphatic rings. The van der Waals surface area contributed by atoms with Crippen molar-refractivity contribution >= 4 is 73.0 Å². The van der Waals surface area contributed by atoms with Gasteiger partial charge in [0.15, 0.2) is 9.84 Å². The van der Waals surface area contributed by atoms with Gasteiger partial charge in [0.25, 0.3) is 11.8 Å². The predicted molar refractivity (Wildman–Crippen MR) is 286 cm³/mol. The average Bonchev–Trinajstić information content (AvgIpc) is 3.38. The van der Waals surface area contributed by atoms with Crippen LogP contribution in [0.4, 0.5) is 22.7 Å². The van der Waals surface area contributed by atoms with Crippen molar-refractivity contribution in [2.24, 2.45) is 16.1 Å². The van der Waals surface area contributed by atoms with E-state index in [0.717, 1.165) is 36.8 Å². The molecule has 0 heterocycles. The number of azo groups is 1. The van der Waals surface area contributed by atoms with Crippen molar-refractivity contribution < 1.29 is 37.5 Å². The molecule has 0 aromatic heterocycles. The number of carboxylic acid groups (broad SMARTS) is 1. The van der Waals surface area contributed by atoms with Gasteiger partial charge in [-0.25, -0.2) is 13.2 Å². The van der Waals surface area contributed by atoms with Gasteiger partial charge in [0.2, 0.25) is 11.8 Å². The molecule has 18 heteroatoms. The fourth-order valence-corrected chi connectivity index (χ4v) is 9.83. The molecule has 0 bridgehead atoms. The molecule has 5 aromatic rings. The Hall–Kier alpha value is -7.18. The molecule has 73 heavy (non-hydrogen) atoms. The van der Waals surface area contributed by atoms with Crippen molar-refractivity contribution in [1.82, 2.24) is 26.6 Å². The van der Waals surface area contributed by atoms with Gasteiger partial charge < -0.3 is 41.9 Å². The number of carbonyl (C=O) groups excluding carboxylic acids is 4. The van der Waals surface area contributed by atoms with Gasteiger partial charge in [0, 0.05) is 92.3 Å². The van der Waals surface area contributed by atoms with E-state index in [9.17, 15) is 37.5 Å². The van der Waals surface area contributed by atoms with Crippen LogP contribution in [0.2, 0.25) is 0 Å². The van der Waals surface area contributed by atoms with E-state index in [2.05, 4.69) is 42.1 Å². The number of anilines is 2. The maximum Gasteiger partial charge on any atom is 0.326 e. The molecule has 0 spiro atoms.